The van der Waals surface area contributed by atoms with Crippen molar-refractivity contribution in [3.63, 3.8) is 0 Å². The average Bonchev–Trinajstić information content (AvgIpc) is 2.62. The summed E-state index contributed by atoms with van der Waals surface area (Å²) in [6.07, 6.45) is 4.77. The summed E-state index contributed by atoms with van der Waals surface area (Å²) in [5.41, 5.74) is 0.274. The Balaban J connectivity index is 2.62. The Morgan fingerprint density at radius 3 is 3.14 bits per heavy atom. The molecule has 0 unspecified atom stereocenters. The Bertz CT molecular complexity index is 431. The minimum Gasteiger partial charge on any atom is -0.472 e. The number of imidazole rings is 1. The van der Waals surface area contributed by atoms with E-state index >= 15 is 0 Å². The van der Waals surface area contributed by atoms with Crippen molar-refractivity contribution in [1.82, 2.24) is 9.55 Å². The molecule has 2 heterocycles. The van der Waals surface area contributed by atoms with Crippen molar-refractivity contribution in [2.75, 3.05) is 0 Å². The van der Waals surface area contributed by atoms with Crippen LogP contribution in [-0.4, -0.2) is 9.55 Å². The summed E-state index contributed by atoms with van der Waals surface area (Å²) in [5, 5.41) is 0. The normalized spacial score (nSPS) is 14.6. The molecule has 3 nitrogen and oxygen atoms in total. The number of halogens is 1. The predicted octanol–water partition coefficient (Wildman–Crippen LogP) is 2.25. The van der Waals surface area contributed by atoms with Crippen LogP contribution in [-0.2, 0) is 11.5 Å². The molecule has 1 aromatic rings. The highest BCUT2D eigenvalue weighted by molar-refractivity contribution is 5.76. The zero-order chi connectivity index (χ0) is 10.1. The highest BCUT2D eigenvalue weighted by Gasteiger charge is 2.21. The summed E-state index contributed by atoms with van der Waals surface area (Å²) in [7, 11) is 0. The fraction of sp³-hybridized carbons (Fsp3) is 0.100. The third kappa shape index (κ3) is 1.16. The topological polar surface area (TPSA) is 27.1 Å². The van der Waals surface area contributed by atoms with Crippen molar-refractivity contribution in [2.45, 2.75) is 6.73 Å². The minimum atomic E-state index is -0.563. The summed E-state index contributed by atoms with van der Waals surface area (Å²) in [6.45, 7) is 7.12. The molecule has 2 rings (SSSR count). The molecule has 0 saturated carbocycles. The number of aromatic nitrogens is 2. The molecule has 0 radical (unpaired) electrons. The van der Waals surface area contributed by atoms with Crippen molar-refractivity contribution >= 4 is 5.57 Å². The van der Waals surface area contributed by atoms with Gasteiger partial charge in [0, 0.05) is 12.4 Å². The van der Waals surface area contributed by atoms with Crippen LogP contribution in [0, 0.1) is 0 Å². The monoisotopic (exact) mass is 192 g/mol. The second-order valence-corrected chi connectivity index (χ2v) is 2.84. The van der Waals surface area contributed by atoms with E-state index in [1.54, 1.807) is 17.0 Å². The lowest BCUT2D eigenvalue weighted by molar-refractivity contribution is 0.146. The van der Waals surface area contributed by atoms with Crippen LogP contribution in [0.5, 0.6) is 0 Å². The van der Waals surface area contributed by atoms with Crippen LogP contribution in [0.2, 0.25) is 0 Å². The Morgan fingerprint density at radius 1 is 1.71 bits per heavy atom. The largest absolute Gasteiger partial charge is 0.472 e. The number of rotatable bonds is 2. The van der Waals surface area contributed by atoms with E-state index < -0.39 is 5.83 Å². The maximum Gasteiger partial charge on any atom is 0.166 e. The van der Waals surface area contributed by atoms with Crippen molar-refractivity contribution < 1.29 is 9.13 Å². The molecule has 0 bridgehead atoms. The van der Waals surface area contributed by atoms with Crippen LogP contribution in [0.25, 0.3) is 5.57 Å². The second kappa shape index (κ2) is 3.14. The Kier molecular flexibility index (Phi) is 1.96. The summed E-state index contributed by atoms with van der Waals surface area (Å²) in [6, 6.07) is 0. The quantitative estimate of drug-likeness (QED) is 0.718. The third-order valence-electron chi connectivity index (χ3n) is 2.00. The Labute approximate surface area is 80.8 Å². The van der Waals surface area contributed by atoms with E-state index in [1.807, 2.05) is 0 Å². The van der Waals surface area contributed by atoms with Gasteiger partial charge in [-0.2, -0.15) is 0 Å². The van der Waals surface area contributed by atoms with E-state index in [4.69, 9.17) is 4.74 Å². The van der Waals surface area contributed by atoms with E-state index in [2.05, 4.69) is 18.1 Å². The zero-order valence-electron chi connectivity index (χ0n) is 7.53. The minimum absolute atomic E-state index is 0.274. The molecular formula is C10H9FN2O. The van der Waals surface area contributed by atoms with Gasteiger partial charge in [0.15, 0.2) is 6.73 Å². The summed E-state index contributed by atoms with van der Waals surface area (Å²) >= 11 is 0. The number of allylic oxidation sites excluding steroid dienone is 3. The standard InChI is InChI=1S/C10H9FN2O/c1-3-8-9(7(2)11)10-12-4-5-13(10)6-14-8/h3-5H,1-2,6H2. The van der Waals surface area contributed by atoms with Crippen molar-refractivity contribution in [1.29, 1.82) is 0 Å². The number of hydrogen-bond donors (Lipinski definition) is 0. The molecule has 72 valence electrons. The first-order valence-electron chi connectivity index (χ1n) is 4.10. The molecule has 0 saturated heterocycles. The molecule has 0 fully saturated rings. The van der Waals surface area contributed by atoms with Gasteiger partial charge in [-0.3, -0.25) is 4.57 Å². The van der Waals surface area contributed by atoms with Crippen LogP contribution in [0.3, 0.4) is 0 Å². The van der Waals surface area contributed by atoms with Gasteiger partial charge in [-0.25, -0.2) is 9.37 Å². The zero-order valence-corrected chi connectivity index (χ0v) is 7.53. The van der Waals surface area contributed by atoms with Crippen LogP contribution < -0.4 is 0 Å². The summed E-state index contributed by atoms with van der Waals surface area (Å²) in [5.74, 6) is 0.349. The van der Waals surface area contributed by atoms with Gasteiger partial charge in [-0.05, 0) is 6.08 Å². The maximum atomic E-state index is 13.1. The van der Waals surface area contributed by atoms with E-state index in [0.717, 1.165) is 0 Å². The van der Waals surface area contributed by atoms with Gasteiger partial charge in [0.05, 0.1) is 5.57 Å². The molecule has 0 amide bonds. The second-order valence-electron chi connectivity index (χ2n) is 2.84. The van der Waals surface area contributed by atoms with Gasteiger partial charge in [0.2, 0.25) is 0 Å². The average molecular weight is 192 g/mol. The van der Waals surface area contributed by atoms with Crippen molar-refractivity contribution in [2.24, 2.45) is 0 Å². The molecule has 14 heavy (non-hydrogen) atoms. The lowest BCUT2D eigenvalue weighted by Gasteiger charge is -2.19. The van der Waals surface area contributed by atoms with E-state index in [1.165, 1.54) is 6.08 Å². The number of ether oxygens (including phenoxy) is 1. The van der Waals surface area contributed by atoms with Crippen LogP contribution >= 0.6 is 0 Å². The van der Waals surface area contributed by atoms with Gasteiger partial charge < -0.3 is 4.74 Å². The van der Waals surface area contributed by atoms with Gasteiger partial charge in [0.1, 0.15) is 17.4 Å². The van der Waals surface area contributed by atoms with Gasteiger partial charge in [-0.15, -0.1) is 0 Å². The van der Waals surface area contributed by atoms with Gasteiger partial charge >= 0.3 is 0 Å². The SMILES string of the molecule is C=CC1=C(C(=C)F)c2nccn2CO1. The molecular weight excluding hydrogens is 183 g/mol. The molecule has 0 N–H and O–H groups in total. The summed E-state index contributed by atoms with van der Waals surface area (Å²) in [4.78, 5) is 4.03. The molecule has 1 aliphatic rings. The Hall–Kier alpha value is -1.84. The molecule has 1 aliphatic heterocycles. The van der Waals surface area contributed by atoms with Gasteiger partial charge in [-0.1, -0.05) is 13.2 Å². The van der Waals surface area contributed by atoms with Crippen LogP contribution in [0.15, 0.2) is 43.2 Å². The highest BCUT2D eigenvalue weighted by atomic mass is 19.1. The smallest absolute Gasteiger partial charge is 0.166 e. The van der Waals surface area contributed by atoms with Crippen LogP contribution in [0.4, 0.5) is 4.39 Å². The first kappa shape index (κ1) is 8.74. The third-order valence-corrected chi connectivity index (χ3v) is 2.00. The fourth-order valence-electron chi connectivity index (χ4n) is 1.38. The number of hydrogen-bond acceptors (Lipinski definition) is 2. The lowest BCUT2D eigenvalue weighted by atomic mass is 10.1. The maximum absolute atomic E-state index is 13.1. The highest BCUT2D eigenvalue weighted by Crippen LogP contribution is 2.30. The van der Waals surface area contributed by atoms with Gasteiger partial charge in [0.25, 0.3) is 0 Å². The molecule has 0 spiro atoms. The molecule has 0 aromatic carbocycles. The first-order valence-corrected chi connectivity index (χ1v) is 4.10. The molecule has 1 aromatic heterocycles. The van der Waals surface area contributed by atoms with E-state index in [9.17, 15) is 4.39 Å². The molecule has 0 aliphatic carbocycles. The summed E-state index contributed by atoms with van der Waals surface area (Å²) < 4.78 is 20.1. The Morgan fingerprint density at radius 2 is 2.50 bits per heavy atom. The number of fused-ring (bicyclic) bond motifs is 1. The van der Waals surface area contributed by atoms with Crippen LogP contribution in [0.1, 0.15) is 5.82 Å². The van der Waals surface area contributed by atoms with Crippen molar-refractivity contribution in [3.05, 3.63) is 49.0 Å². The lowest BCUT2D eigenvalue weighted by Crippen LogP contribution is -2.13. The predicted molar refractivity (Wildman–Crippen MR) is 50.7 cm³/mol. The van der Waals surface area contributed by atoms with E-state index in [0.29, 0.717) is 18.3 Å². The van der Waals surface area contributed by atoms with E-state index in [-0.39, 0.29) is 5.57 Å². The fourth-order valence-corrected chi connectivity index (χ4v) is 1.38. The molecule has 0 atom stereocenters. The van der Waals surface area contributed by atoms with Crippen molar-refractivity contribution in [3.8, 4) is 0 Å². The first-order chi connectivity index (χ1) is 6.74. The molecule has 4 heteroatoms. The number of nitrogens with zero attached hydrogens (tertiary/aromatic N) is 2.